The Balaban J connectivity index is 1.89. The second kappa shape index (κ2) is 7.03. The van der Waals surface area contributed by atoms with Crippen LogP contribution in [0.25, 0.3) is 10.2 Å². The SMILES string of the molecule is C/C(=N\[S@](=O)C(C)(C)C)c1c(C)sc2c(=O)n3c(nc12)N1CCOC[C@@H]1CC3. The van der Waals surface area contributed by atoms with Crippen LogP contribution in [0.2, 0.25) is 0 Å². The number of nitrogens with zero attached hydrogens (tertiary/aromatic N) is 4. The van der Waals surface area contributed by atoms with Crippen LogP contribution in [0.3, 0.4) is 0 Å². The number of ether oxygens (including phenoxy) is 1. The second-order valence-electron chi connectivity index (χ2n) is 8.33. The monoisotopic (exact) mass is 422 g/mol. The van der Waals surface area contributed by atoms with Crippen LogP contribution in [0.5, 0.6) is 0 Å². The predicted molar refractivity (Wildman–Crippen MR) is 115 cm³/mol. The lowest BCUT2D eigenvalue weighted by Crippen LogP contribution is -2.51. The van der Waals surface area contributed by atoms with E-state index in [1.54, 1.807) is 4.57 Å². The van der Waals surface area contributed by atoms with Gasteiger partial charge >= 0.3 is 0 Å². The van der Waals surface area contributed by atoms with E-state index in [-0.39, 0.29) is 11.6 Å². The van der Waals surface area contributed by atoms with Gasteiger partial charge in [0.25, 0.3) is 5.56 Å². The van der Waals surface area contributed by atoms with Gasteiger partial charge in [0.2, 0.25) is 5.95 Å². The maximum absolute atomic E-state index is 13.2. The van der Waals surface area contributed by atoms with Gasteiger partial charge in [0.1, 0.15) is 15.7 Å². The lowest BCUT2D eigenvalue weighted by molar-refractivity contribution is 0.0844. The quantitative estimate of drug-likeness (QED) is 0.696. The number of hydrogen-bond acceptors (Lipinski definition) is 6. The number of anilines is 1. The second-order valence-corrected chi connectivity index (χ2v) is 11.5. The molecule has 0 N–H and O–H groups in total. The highest BCUT2D eigenvalue weighted by atomic mass is 32.2. The largest absolute Gasteiger partial charge is 0.377 e. The first-order chi connectivity index (χ1) is 13.2. The highest BCUT2D eigenvalue weighted by Crippen LogP contribution is 2.32. The van der Waals surface area contributed by atoms with Crippen molar-refractivity contribution in [1.29, 1.82) is 0 Å². The van der Waals surface area contributed by atoms with Crippen LogP contribution >= 0.6 is 11.3 Å². The highest BCUT2D eigenvalue weighted by Gasteiger charge is 2.32. The average molecular weight is 423 g/mol. The van der Waals surface area contributed by atoms with Crippen molar-refractivity contribution in [1.82, 2.24) is 9.55 Å². The maximum Gasteiger partial charge on any atom is 0.272 e. The molecule has 2 aliphatic rings. The molecule has 0 radical (unpaired) electrons. The maximum atomic E-state index is 13.2. The Morgan fingerprint density at radius 1 is 1.36 bits per heavy atom. The summed E-state index contributed by atoms with van der Waals surface area (Å²) in [7, 11) is -1.36. The van der Waals surface area contributed by atoms with Gasteiger partial charge in [-0.2, -0.15) is 4.40 Å². The Morgan fingerprint density at radius 3 is 2.82 bits per heavy atom. The van der Waals surface area contributed by atoms with Crippen molar-refractivity contribution in [2.45, 2.75) is 58.4 Å². The van der Waals surface area contributed by atoms with Crippen LogP contribution in [0.4, 0.5) is 5.95 Å². The van der Waals surface area contributed by atoms with Gasteiger partial charge in [-0.3, -0.25) is 9.36 Å². The van der Waals surface area contributed by atoms with Gasteiger partial charge in [-0.1, -0.05) is 0 Å². The van der Waals surface area contributed by atoms with E-state index in [0.29, 0.717) is 35.7 Å². The summed E-state index contributed by atoms with van der Waals surface area (Å²) in [5, 5.41) is 0. The van der Waals surface area contributed by atoms with E-state index in [0.717, 1.165) is 29.4 Å². The molecule has 4 rings (SSSR count). The van der Waals surface area contributed by atoms with Gasteiger partial charge in [0.05, 0.1) is 35.2 Å². The van der Waals surface area contributed by atoms with Crippen LogP contribution < -0.4 is 10.5 Å². The Morgan fingerprint density at radius 2 is 2.11 bits per heavy atom. The topological polar surface area (TPSA) is 76.8 Å². The first-order valence-electron chi connectivity index (χ1n) is 9.54. The van der Waals surface area contributed by atoms with Gasteiger partial charge in [0.15, 0.2) is 0 Å². The molecule has 152 valence electrons. The third-order valence-electron chi connectivity index (χ3n) is 5.23. The number of aryl methyl sites for hydroxylation is 1. The summed E-state index contributed by atoms with van der Waals surface area (Å²) in [5.74, 6) is 0.723. The first kappa shape index (κ1) is 19.7. The molecule has 7 nitrogen and oxygen atoms in total. The van der Waals surface area contributed by atoms with Crippen molar-refractivity contribution in [3.8, 4) is 0 Å². The third kappa shape index (κ3) is 3.23. The van der Waals surface area contributed by atoms with E-state index < -0.39 is 15.7 Å². The van der Waals surface area contributed by atoms with Crippen molar-refractivity contribution in [2.75, 3.05) is 24.7 Å². The molecule has 2 aromatic heterocycles. The van der Waals surface area contributed by atoms with Crippen molar-refractivity contribution >= 4 is 44.2 Å². The standard InChI is InChI=1S/C19H26N4O3S2/c1-11(21-28(25)19(3,4)5)14-12(2)27-16-15(14)20-18-22-8-9-26-10-13(22)6-7-23(18)17(16)24/h13H,6-10H2,1-5H3/b21-11+/t13-,28+/m0/s1. The van der Waals surface area contributed by atoms with Crippen molar-refractivity contribution in [2.24, 2.45) is 4.40 Å². The summed E-state index contributed by atoms with van der Waals surface area (Å²) >= 11 is 1.45. The van der Waals surface area contributed by atoms with Crippen molar-refractivity contribution in [3.63, 3.8) is 0 Å². The Bertz CT molecular complexity index is 1050. The zero-order valence-electron chi connectivity index (χ0n) is 16.9. The fourth-order valence-electron chi connectivity index (χ4n) is 3.75. The fraction of sp³-hybridized carbons (Fsp3) is 0.632. The number of aromatic nitrogens is 2. The molecular formula is C19H26N4O3S2. The zero-order chi connectivity index (χ0) is 20.2. The molecule has 0 spiro atoms. The molecule has 0 bridgehead atoms. The summed E-state index contributed by atoms with van der Waals surface area (Å²) in [6, 6.07) is 0.268. The third-order valence-corrected chi connectivity index (χ3v) is 7.80. The Kier molecular flexibility index (Phi) is 4.96. The molecule has 1 fully saturated rings. The van der Waals surface area contributed by atoms with Gasteiger partial charge in [-0.15, -0.1) is 11.3 Å². The van der Waals surface area contributed by atoms with Gasteiger partial charge in [-0.05, 0) is 41.0 Å². The van der Waals surface area contributed by atoms with Crippen LogP contribution in [0, 0.1) is 6.92 Å². The molecule has 0 saturated carbocycles. The van der Waals surface area contributed by atoms with E-state index >= 15 is 0 Å². The molecule has 0 aliphatic carbocycles. The first-order valence-corrected chi connectivity index (χ1v) is 11.5. The van der Waals surface area contributed by atoms with Crippen molar-refractivity contribution < 1.29 is 8.95 Å². The number of rotatable bonds is 2. The Labute approximate surface area is 171 Å². The van der Waals surface area contributed by atoms with Gasteiger partial charge in [-0.25, -0.2) is 9.19 Å². The minimum absolute atomic E-state index is 0.00837. The van der Waals surface area contributed by atoms with Crippen LogP contribution in [-0.2, 0) is 22.3 Å². The number of morpholine rings is 1. The van der Waals surface area contributed by atoms with E-state index in [1.165, 1.54) is 11.3 Å². The summed E-state index contributed by atoms with van der Waals surface area (Å²) in [4.78, 5) is 21.3. The normalized spacial score (nSPS) is 21.5. The smallest absolute Gasteiger partial charge is 0.272 e. The summed E-state index contributed by atoms with van der Waals surface area (Å²) in [6.45, 7) is 12.3. The van der Waals surface area contributed by atoms with Crippen LogP contribution in [-0.4, -0.2) is 50.0 Å². The predicted octanol–water partition coefficient (Wildman–Crippen LogP) is 2.65. The van der Waals surface area contributed by atoms with Crippen LogP contribution in [0.1, 0.15) is 44.6 Å². The molecule has 0 unspecified atom stereocenters. The lowest BCUT2D eigenvalue weighted by atomic mass is 10.1. The molecule has 2 atom stereocenters. The van der Waals surface area contributed by atoms with Crippen LogP contribution in [0.15, 0.2) is 9.19 Å². The van der Waals surface area contributed by atoms with Crippen molar-refractivity contribution in [3.05, 3.63) is 20.8 Å². The molecule has 2 aliphatic heterocycles. The van der Waals surface area contributed by atoms with Gasteiger partial charge < -0.3 is 9.64 Å². The highest BCUT2D eigenvalue weighted by molar-refractivity contribution is 7.85. The van der Waals surface area contributed by atoms with E-state index in [9.17, 15) is 9.00 Å². The molecule has 2 aromatic rings. The minimum Gasteiger partial charge on any atom is -0.377 e. The van der Waals surface area contributed by atoms with Gasteiger partial charge in [0, 0.05) is 23.5 Å². The summed E-state index contributed by atoms with van der Waals surface area (Å²) < 4.78 is 24.6. The van der Waals surface area contributed by atoms with E-state index in [4.69, 9.17) is 9.72 Å². The minimum atomic E-state index is -1.36. The average Bonchev–Trinajstić information content (AvgIpc) is 2.97. The molecule has 4 heterocycles. The summed E-state index contributed by atoms with van der Waals surface area (Å²) in [5.41, 5.74) is 2.20. The van der Waals surface area contributed by atoms with E-state index in [2.05, 4.69) is 9.30 Å². The lowest BCUT2D eigenvalue weighted by Gasteiger charge is -2.40. The molecule has 0 aromatic carbocycles. The summed E-state index contributed by atoms with van der Waals surface area (Å²) in [6.07, 6.45) is 0.891. The number of fused-ring (bicyclic) bond motifs is 4. The molecule has 9 heteroatoms. The zero-order valence-corrected chi connectivity index (χ0v) is 18.6. The van der Waals surface area contributed by atoms with E-state index in [1.807, 2.05) is 34.6 Å². The fourth-order valence-corrected chi connectivity index (χ4v) is 5.46. The Hall–Kier alpha value is -1.58. The number of hydrogen-bond donors (Lipinski definition) is 0. The molecule has 0 amide bonds. The number of thiophene rings is 1. The molecule has 1 saturated heterocycles. The molecular weight excluding hydrogens is 396 g/mol. The molecule has 28 heavy (non-hydrogen) atoms.